The minimum Gasteiger partial charge on any atom is -0.397 e. The van der Waals surface area contributed by atoms with Gasteiger partial charge in [0.15, 0.2) is 0 Å². The predicted octanol–water partition coefficient (Wildman–Crippen LogP) is 1.35. The van der Waals surface area contributed by atoms with Crippen LogP contribution in [0.2, 0.25) is 0 Å². The number of hydrogen-bond donors (Lipinski definition) is 3. The van der Waals surface area contributed by atoms with Crippen LogP contribution in [0, 0.1) is 0 Å². The third kappa shape index (κ3) is 4.07. The van der Waals surface area contributed by atoms with Gasteiger partial charge in [0.25, 0.3) is 15.9 Å². The van der Waals surface area contributed by atoms with Gasteiger partial charge in [0.1, 0.15) is 0 Å². The highest BCUT2D eigenvalue weighted by atomic mass is 32.2. The summed E-state index contributed by atoms with van der Waals surface area (Å²) in [4.78, 5) is 23.1. The molecule has 0 aliphatic rings. The van der Waals surface area contributed by atoms with Crippen LogP contribution in [0.1, 0.15) is 17.3 Å². The van der Waals surface area contributed by atoms with Crippen molar-refractivity contribution in [3.63, 3.8) is 0 Å². The predicted molar refractivity (Wildman–Crippen MR) is 86.3 cm³/mol. The van der Waals surface area contributed by atoms with Gasteiger partial charge in [0, 0.05) is 12.5 Å². The van der Waals surface area contributed by atoms with Gasteiger partial charge in [-0.1, -0.05) is 18.2 Å². The molecule has 8 heteroatoms. The minimum absolute atomic E-state index is 0.0174. The molecule has 0 aliphatic heterocycles. The lowest BCUT2D eigenvalue weighted by Gasteiger charge is -2.10. The third-order valence-electron chi connectivity index (χ3n) is 2.91. The Morgan fingerprint density at radius 2 is 1.70 bits per heavy atom. The molecule has 0 fully saturated rings. The first-order valence-electron chi connectivity index (χ1n) is 6.59. The summed E-state index contributed by atoms with van der Waals surface area (Å²) in [6.07, 6.45) is 0. The fourth-order valence-corrected chi connectivity index (χ4v) is 2.84. The number of carbonyl (C=O) groups is 2. The van der Waals surface area contributed by atoms with E-state index >= 15 is 0 Å². The molecule has 23 heavy (non-hydrogen) atoms. The average Bonchev–Trinajstić information content (AvgIpc) is 2.49. The number of carbonyl (C=O) groups excluding carboxylic acids is 2. The Morgan fingerprint density at radius 3 is 2.26 bits per heavy atom. The molecule has 0 saturated heterocycles. The monoisotopic (exact) mass is 333 g/mol. The summed E-state index contributed by atoms with van der Waals surface area (Å²) >= 11 is 0. The fourth-order valence-electron chi connectivity index (χ4n) is 1.85. The number of anilines is 2. The number of sulfonamides is 1. The zero-order chi connectivity index (χ0) is 17.0. The Bertz CT molecular complexity index is 848. The summed E-state index contributed by atoms with van der Waals surface area (Å²) in [6.45, 7) is 1.33. The van der Waals surface area contributed by atoms with E-state index < -0.39 is 15.9 Å². The van der Waals surface area contributed by atoms with Gasteiger partial charge < -0.3 is 11.1 Å². The molecule has 2 aromatic carbocycles. The maximum atomic E-state index is 12.1. The lowest BCUT2D eigenvalue weighted by Crippen LogP contribution is -2.30. The Balaban J connectivity index is 2.21. The molecule has 0 aromatic heterocycles. The second kappa shape index (κ2) is 6.49. The number of rotatable bonds is 4. The van der Waals surface area contributed by atoms with Crippen molar-refractivity contribution in [3.05, 3.63) is 54.1 Å². The van der Waals surface area contributed by atoms with Gasteiger partial charge in [-0.15, -0.1) is 0 Å². The maximum absolute atomic E-state index is 12.1. The van der Waals surface area contributed by atoms with Gasteiger partial charge in [-0.25, -0.2) is 13.1 Å². The van der Waals surface area contributed by atoms with E-state index in [1.165, 1.54) is 37.3 Å². The summed E-state index contributed by atoms with van der Waals surface area (Å²) in [6, 6.07) is 11.6. The van der Waals surface area contributed by atoms with Gasteiger partial charge in [-0.2, -0.15) is 0 Å². The minimum atomic E-state index is -3.96. The molecule has 2 rings (SSSR count). The molecule has 2 aromatic rings. The number of hydrogen-bond acceptors (Lipinski definition) is 5. The highest BCUT2D eigenvalue weighted by Crippen LogP contribution is 2.20. The largest absolute Gasteiger partial charge is 0.397 e. The summed E-state index contributed by atoms with van der Waals surface area (Å²) in [5.74, 6) is -1.12. The highest BCUT2D eigenvalue weighted by molar-refractivity contribution is 7.90. The smallest absolute Gasteiger partial charge is 0.265 e. The van der Waals surface area contributed by atoms with E-state index in [9.17, 15) is 18.0 Å². The Morgan fingerprint density at radius 1 is 1.04 bits per heavy atom. The topological polar surface area (TPSA) is 118 Å². The lowest BCUT2D eigenvalue weighted by molar-refractivity contribution is -0.114. The van der Waals surface area contributed by atoms with Crippen molar-refractivity contribution in [2.24, 2.45) is 0 Å². The lowest BCUT2D eigenvalue weighted by atomic mass is 10.1. The van der Waals surface area contributed by atoms with E-state index in [4.69, 9.17) is 5.73 Å². The van der Waals surface area contributed by atoms with Crippen LogP contribution < -0.4 is 15.8 Å². The Kier molecular flexibility index (Phi) is 4.65. The Hall–Kier alpha value is -2.87. The van der Waals surface area contributed by atoms with Crippen molar-refractivity contribution < 1.29 is 18.0 Å². The van der Waals surface area contributed by atoms with Crippen LogP contribution >= 0.6 is 0 Å². The van der Waals surface area contributed by atoms with E-state index in [1.807, 2.05) is 4.72 Å². The molecular formula is C15H15N3O4S. The molecule has 0 heterocycles. The molecule has 0 bridgehead atoms. The number of nitrogens with two attached hydrogens (primary N) is 1. The van der Waals surface area contributed by atoms with Gasteiger partial charge >= 0.3 is 0 Å². The zero-order valence-electron chi connectivity index (χ0n) is 12.2. The SMILES string of the molecule is CC(=O)Nc1ccc(C(=O)NS(=O)(=O)c2ccccc2)cc1N. The van der Waals surface area contributed by atoms with Crippen LogP contribution in [0.3, 0.4) is 0 Å². The van der Waals surface area contributed by atoms with Crippen LogP contribution in [-0.2, 0) is 14.8 Å². The van der Waals surface area contributed by atoms with Crippen LogP contribution in [0.25, 0.3) is 0 Å². The van der Waals surface area contributed by atoms with E-state index in [0.717, 1.165) is 0 Å². The molecule has 0 spiro atoms. The second-order valence-electron chi connectivity index (χ2n) is 4.73. The van der Waals surface area contributed by atoms with Crippen molar-refractivity contribution in [3.8, 4) is 0 Å². The van der Waals surface area contributed by atoms with Crippen LogP contribution in [0.15, 0.2) is 53.4 Å². The number of nitrogen functional groups attached to an aromatic ring is 1. The quantitative estimate of drug-likeness (QED) is 0.730. The standard InChI is InChI=1S/C15H15N3O4S/c1-10(19)17-14-8-7-11(9-13(14)16)15(20)18-23(21,22)12-5-3-2-4-6-12/h2-9H,16H2,1H3,(H,17,19)(H,18,20). The summed E-state index contributed by atoms with van der Waals surface area (Å²) in [5, 5.41) is 2.50. The Labute approximate surface area is 133 Å². The van der Waals surface area contributed by atoms with Gasteiger partial charge in [-0.05, 0) is 30.3 Å². The van der Waals surface area contributed by atoms with Crippen molar-refractivity contribution in [2.75, 3.05) is 11.1 Å². The molecule has 2 amide bonds. The molecule has 7 nitrogen and oxygen atoms in total. The first-order chi connectivity index (χ1) is 10.8. The fraction of sp³-hybridized carbons (Fsp3) is 0.0667. The van der Waals surface area contributed by atoms with Crippen molar-refractivity contribution in [1.82, 2.24) is 4.72 Å². The molecule has 0 atom stereocenters. The molecule has 120 valence electrons. The first kappa shape index (κ1) is 16.5. The average molecular weight is 333 g/mol. The van der Waals surface area contributed by atoms with E-state index in [0.29, 0.717) is 5.69 Å². The van der Waals surface area contributed by atoms with Crippen LogP contribution in [0.4, 0.5) is 11.4 Å². The van der Waals surface area contributed by atoms with Crippen molar-refractivity contribution in [1.29, 1.82) is 0 Å². The van der Waals surface area contributed by atoms with E-state index in [2.05, 4.69) is 5.32 Å². The number of amides is 2. The second-order valence-corrected chi connectivity index (χ2v) is 6.41. The molecular weight excluding hydrogens is 318 g/mol. The van der Waals surface area contributed by atoms with Crippen molar-refractivity contribution >= 4 is 33.2 Å². The molecule has 0 saturated carbocycles. The van der Waals surface area contributed by atoms with E-state index in [-0.39, 0.29) is 22.1 Å². The molecule has 0 aliphatic carbocycles. The summed E-state index contributed by atoms with van der Waals surface area (Å²) in [7, 11) is -3.96. The third-order valence-corrected chi connectivity index (χ3v) is 4.25. The van der Waals surface area contributed by atoms with Crippen molar-refractivity contribution in [2.45, 2.75) is 11.8 Å². The van der Waals surface area contributed by atoms with Gasteiger partial charge in [0.05, 0.1) is 16.3 Å². The molecule has 0 unspecified atom stereocenters. The normalized spacial score (nSPS) is 10.8. The summed E-state index contributed by atoms with van der Waals surface area (Å²) < 4.78 is 26.2. The van der Waals surface area contributed by atoms with Gasteiger partial charge in [-0.3, -0.25) is 9.59 Å². The van der Waals surface area contributed by atoms with E-state index in [1.54, 1.807) is 18.2 Å². The van der Waals surface area contributed by atoms with Crippen LogP contribution in [0.5, 0.6) is 0 Å². The zero-order valence-corrected chi connectivity index (χ0v) is 13.1. The first-order valence-corrected chi connectivity index (χ1v) is 8.07. The van der Waals surface area contributed by atoms with Gasteiger partial charge in [0.2, 0.25) is 5.91 Å². The molecule has 4 N–H and O–H groups in total. The maximum Gasteiger partial charge on any atom is 0.265 e. The molecule has 0 radical (unpaired) electrons. The summed E-state index contributed by atoms with van der Waals surface area (Å²) in [5.41, 5.74) is 6.31. The number of benzene rings is 2. The highest BCUT2D eigenvalue weighted by Gasteiger charge is 2.18. The van der Waals surface area contributed by atoms with Crippen LogP contribution in [-0.4, -0.2) is 20.2 Å². The number of nitrogens with one attached hydrogen (secondary N) is 2.